The van der Waals surface area contributed by atoms with Gasteiger partial charge >= 0.3 is 0 Å². The molecule has 1 aromatic rings. The van der Waals surface area contributed by atoms with Crippen LogP contribution in [0.1, 0.15) is 30.7 Å². The van der Waals surface area contributed by atoms with Crippen LogP contribution in [0.3, 0.4) is 0 Å². The highest BCUT2D eigenvalue weighted by atomic mass is 19.3. The summed E-state index contributed by atoms with van der Waals surface area (Å²) < 4.78 is 12.4. The molecule has 0 fully saturated rings. The lowest BCUT2D eigenvalue weighted by molar-refractivity contribution is -0.163. The SMILES string of the molecule is Cc1ncc(C2=CCC(O)(O)CC2)c(OF)n1. The van der Waals surface area contributed by atoms with Crippen LogP contribution in [0.15, 0.2) is 12.3 Å². The zero-order chi connectivity index (χ0) is 12.5. The molecular weight excluding hydrogens is 227 g/mol. The largest absolute Gasteiger partial charge is 0.365 e. The molecule has 0 aliphatic heterocycles. The molecule has 6 heteroatoms. The normalized spacial score (nSPS) is 18.7. The molecule has 1 aliphatic rings. The molecule has 17 heavy (non-hydrogen) atoms. The molecule has 0 amide bonds. The van der Waals surface area contributed by atoms with E-state index in [-0.39, 0.29) is 18.7 Å². The molecule has 0 bridgehead atoms. The smallest absolute Gasteiger partial charge is 0.273 e. The third kappa shape index (κ3) is 2.59. The fourth-order valence-corrected chi connectivity index (χ4v) is 1.80. The lowest BCUT2D eigenvalue weighted by Crippen LogP contribution is -2.29. The Balaban J connectivity index is 2.32. The van der Waals surface area contributed by atoms with Crippen molar-refractivity contribution >= 4 is 5.57 Å². The van der Waals surface area contributed by atoms with Crippen molar-refractivity contribution in [2.24, 2.45) is 0 Å². The van der Waals surface area contributed by atoms with Crippen molar-refractivity contribution in [2.45, 2.75) is 32.0 Å². The molecule has 92 valence electrons. The van der Waals surface area contributed by atoms with E-state index >= 15 is 0 Å². The first-order valence-electron chi connectivity index (χ1n) is 5.28. The van der Waals surface area contributed by atoms with Gasteiger partial charge in [0.1, 0.15) is 5.82 Å². The molecular formula is C11H13FN2O3. The molecule has 0 spiro atoms. The van der Waals surface area contributed by atoms with Crippen molar-refractivity contribution in [1.29, 1.82) is 0 Å². The average molecular weight is 240 g/mol. The number of aryl methyl sites for hydroxylation is 1. The molecule has 0 saturated carbocycles. The van der Waals surface area contributed by atoms with Crippen molar-refractivity contribution < 1.29 is 19.7 Å². The minimum absolute atomic E-state index is 0.0991. The van der Waals surface area contributed by atoms with Crippen LogP contribution in [0.4, 0.5) is 4.53 Å². The summed E-state index contributed by atoms with van der Waals surface area (Å²) in [4.78, 5) is 11.5. The van der Waals surface area contributed by atoms with Crippen LogP contribution in [0.2, 0.25) is 0 Å². The lowest BCUT2D eigenvalue weighted by Gasteiger charge is -2.25. The van der Waals surface area contributed by atoms with Crippen LogP contribution >= 0.6 is 0 Å². The van der Waals surface area contributed by atoms with E-state index in [2.05, 4.69) is 14.9 Å². The van der Waals surface area contributed by atoms with E-state index in [4.69, 9.17) is 0 Å². The second-order valence-electron chi connectivity index (χ2n) is 4.13. The minimum atomic E-state index is -1.67. The highest BCUT2D eigenvalue weighted by molar-refractivity contribution is 5.69. The molecule has 5 nitrogen and oxygen atoms in total. The summed E-state index contributed by atoms with van der Waals surface area (Å²) in [5, 5.41) is 18.8. The van der Waals surface area contributed by atoms with Gasteiger partial charge in [-0.3, -0.25) is 4.94 Å². The van der Waals surface area contributed by atoms with Gasteiger partial charge < -0.3 is 10.2 Å². The Labute approximate surface area is 97.5 Å². The molecule has 0 atom stereocenters. The number of aromatic nitrogens is 2. The van der Waals surface area contributed by atoms with E-state index in [0.717, 1.165) is 5.57 Å². The van der Waals surface area contributed by atoms with E-state index < -0.39 is 5.79 Å². The Morgan fingerprint density at radius 1 is 1.47 bits per heavy atom. The Kier molecular flexibility index (Phi) is 3.08. The molecule has 0 radical (unpaired) electrons. The number of rotatable bonds is 2. The van der Waals surface area contributed by atoms with Crippen molar-refractivity contribution in [3.8, 4) is 5.88 Å². The van der Waals surface area contributed by atoms with Crippen LogP contribution in [0.5, 0.6) is 5.88 Å². The van der Waals surface area contributed by atoms with Crippen molar-refractivity contribution in [3.05, 3.63) is 23.7 Å². The first-order chi connectivity index (χ1) is 8.02. The van der Waals surface area contributed by atoms with E-state index in [1.54, 1.807) is 13.0 Å². The van der Waals surface area contributed by atoms with Gasteiger partial charge in [0.2, 0.25) is 0 Å². The van der Waals surface area contributed by atoms with E-state index in [9.17, 15) is 14.7 Å². The van der Waals surface area contributed by atoms with E-state index in [1.807, 2.05) is 0 Å². The van der Waals surface area contributed by atoms with Crippen LogP contribution in [0.25, 0.3) is 5.57 Å². The first kappa shape index (κ1) is 11.9. The van der Waals surface area contributed by atoms with Gasteiger partial charge in [-0.05, 0) is 18.9 Å². The summed E-state index contributed by atoms with van der Waals surface area (Å²) in [6, 6.07) is 0. The highest BCUT2D eigenvalue weighted by Gasteiger charge is 2.27. The van der Waals surface area contributed by atoms with Gasteiger partial charge in [0.25, 0.3) is 5.88 Å². The molecule has 0 unspecified atom stereocenters. The molecule has 0 saturated heterocycles. The van der Waals surface area contributed by atoms with Crippen LogP contribution in [-0.2, 0) is 0 Å². The second kappa shape index (κ2) is 4.38. The molecule has 1 heterocycles. The zero-order valence-electron chi connectivity index (χ0n) is 9.35. The van der Waals surface area contributed by atoms with Gasteiger partial charge in [0.05, 0.1) is 5.56 Å². The second-order valence-corrected chi connectivity index (χ2v) is 4.13. The molecule has 1 aliphatic carbocycles. The number of aliphatic hydroxyl groups is 2. The summed E-state index contributed by atoms with van der Waals surface area (Å²) in [5.41, 5.74) is 1.21. The maximum atomic E-state index is 12.4. The predicted octanol–water partition coefficient (Wildman–Crippen LogP) is 1.30. The lowest BCUT2D eigenvalue weighted by atomic mass is 9.91. The monoisotopic (exact) mass is 240 g/mol. The summed E-state index contributed by atoms with van der Waals surface area (Å²) >= 11 is 0. The number of halogens is 1. The fourth-order valence-electron chi connectivity index (χ4n) is 1.80. The number of hydrogen-bond acceptors (Lipinski definition) is 5. The summed E-state index contributed by atoms with van der Waals surface area (Å²) in [7, 11) is 0. The standard InChI is InChI=1S/C11H13FN2O3/c1-7-13-6-9(10(14-7)17-12)8-2-4-11(15,16)5-3-8/h2,6,15-16H,3-5H2,1H3. The molecule has 0 aromatic carbocycles. The quantitative estimate of drug-likeness (QED) is 0.762. The topological polar surface area (TPSA) is 75.5 Å². The molecule has 2 rings (SSSR count). The Morgan fingerprint density at radius 2 is 2.24 bits per heavy atom. The number of nitrogens with zero attached hydrogens (tertiary/aromatic N) is 2. The maximum Gasteiger partial charge on any atom is 0.273 e. The number of hydrogen-bond donors (Lipinski definition) is 2. The van der Waals surface area contributed by atoms with Crippen LogP contribution in [0, 0.1) is 6.92 Å². The summed E-state index contributed by atoms with van der Waals surface area (Å²) in [6.07, 6.45) is 3.82. The van der Waals surface area contributed by atoms with Crippen LogP contribution in [-0.4, -0.2) is 26.0 Å². The van der Waals surface area contributed by atoms with Crippen molar-refractivity contribution in [3.63, 3.8) is 0 Å². The van der Waals surface area contributed by atoms with Gasteiger partial charge in [0.15, 0.2) is 5.79 Å². The fraction of sp³-hybridized carbons (Fsp3) is 0.455. The average Bonchev–Trinajstić information content (AvgIpc) is 2.29. The highest BCUT2D eigenvalue weighted by Crippen LogP contribution is 2.34. The van der Waals surface area contributed by atoms with Gasteiger partial charge in [-0.1, -0.05) is 6.08 Å². The third-order valence-electron chi connectivity index (χ3n) is 2.76. The molecule has 2 N–H and O–H groups in total. The third-order valence-corrected chi connectivity index (χ3v) is 2.76. The van der Waals surface area contributed by atoms with E-state index in [0.29, 0.717) is 17.8 Å². The van der Waals surface area contributed by atoms with Gasteiger partial charge in [-0.2, -0.15) is 4.98 Å². The van der Waals surface area contributed by atoms with Gasteiger partial charge in [-0.15, -0.1) is 0 Å². The Bertz CT molecular complexity index is 460. The van der Waals surface area contributed by atoms with Crippen molar-refractivity contribution in [2.75, 3.05) is 0 Å². The Morgan fingerprint density at radius 3 is 2.82 bits per heavy atom. The number of allylic oxidation sites excluding steroid dienone is 1. The zero-order valence-corrected chi connectivity index (χ0v) is 9.35. The van der Waals surface area contributed by atoms with E-state index in [1.165, 1.54) is 6.20 Å². The minimum Gasteiger partial charge on any atom is -0.365 e. The first-order valence-corrected chi connectivity index (χ1v) is 5.28. The maximum absolute atomic E-state index is 12.4. The predicted molar refractivity (Wildman–Crippen MR) is 57.5 cm³/mol. The summed E-state index contributed by atoms with van der Waals surface area (Å²) in [5.74, 6) is -1.39. The van der Waals surface area contributed by atoms with Gasteiger partial charge in [0, 0.05) is 23.6 Å². The van der Waals surface area contributed by atoms with Crippen LogP contribution < -0.4 is 4.94 Å². The van der Waals surface area contributed by atoms with Crippen molar-refractivity contribution in [1.82, 2.24) is 9.97 Å². The van der Waals surface area contributed by atoms with Gasteiger partial charge in [-0.25, -0.2) is 4.98 Å². The molecule has 1 aromatic heterocycles. The summed E-state index contributed by atoms with van der Waals surface area (Å²) in [6.45, 7) is 1.63. The Hall–Kier alpha value is -1.53.